The summed E-state index contributed by atoms with van der Waals surface area (Å²) in [5.41, 5.74) is 4.17. The Morgan fingerprint density at radius 3 is 2.84 bits per heavy atom. The van der Waals surface area contributed by atoms with Crippen molar-refractivity contribution >= 4 is 0 Å². The van der Waals surface area contributed by atoms with Crippen LogP contribution in [0.5, 0.6) is 0 Å². The first-order valence-electron chi connectivity index (χ1n) is 8.56. The van der Waals surface area contributed by atoms with Crippen molar-refractivity contribution in [1.29, 1.82) is 0 Å². The van der Waals surface area contributed by atoms with Crippen LogP contribution in [0.25, 0.3) is 0 Å². The molecule has 1 nitrogen and oxygen atoms in total. The summed E-state index contributed by atoms with van der Waals surface area (Å²) >= 11 is 0. The maximum absolute atomic E-state index is 9.90. The molecule has 1 N–H and O–H groups in total. The van der Waals surface area contributed by atoms with Crippen LogP contribution in [-0.4, -0.2) is 11.2 Å². The molecule has 0 unspecified atom stereocenters. The number of hydrogen-bond acceptors (Lipinski definition) is 1. The normalized spacial score (nSPS) is 49.6. The highest BCUT2D eigenvalue weighted by molar-refractivity contribution is 5.26. The topological polar surface area (TPSA) is 20.2 Å². The van der Waals surface area contributed by atoms with E-state index in [0.29, 0.717) is 5.41 Å². The van der Waals surface area contributed by atoms with Crippen LogP contribution < -0.4 is 0 Å². The number of aliphatic hydroxyl groups is 1. The smallest absolute Gasteiger partial charge is 0.0580 e. The second kappa shape index (κ2) is 4.35. The molecule has 4 aliphatic carbocycles. The predicted octanol–water partition coefficient (Wildman–Crippen LogP) is 4.45. The number of fused-ring (bicyclic) bond motifs is 4. The third kappa shape index (κ3) is 1.84. The quantitative estimate of drug-likeness (QED) is 0.638. The van der Waals surface area contributed by atoms with Gasteiger partial charge in [-0.25, -0.2) is 0 Å². The van der Waals surface area contributed by atoms with Gasteiger partial charge in [-0.3, -0.25) is 0 Å². The molecule has 0 heterocycles. The Labute approximate surface area is 117 Å². The second-order valence-corrected chi connectivity index (χ2v) is 8.03. The van der Waals surface area contributed by atoms with Crippen molar-refractivity contribution < 1.29 is 5.11 Å². The molecule has 1 heteroatoms. The molecule has 0 aromatic heterocycles. The van der Waals surface area contributed by atoms with E-state index in [1.807, 2.05) is 5.57 Å². The highest BCUT2D eigenvalue weighted by atomic mass is 16.3. The Morgan fingerprint density at radius 1 is 1.05 bits per heavy atom. The number of hydrogen-bond donors (Lipinski definition) is 1. The Bertz CT molecular complexity index is 410. The van der Waals surface area contributed by atoms with E-state index in [2.05, 4.69) is 6.92 Å². The van der Waals surface area contributed by atoms with Gasteiger partial charge in [-0.15, -0.1) is 0 Å². The summed E-state index contributed by atoms with van der Waals surface area (Å²) in [4.78, 5) is 0. The fourth-order valence-electron chi connectivity index (χ4n) is 6.18. The molecule has 106 valence electrons. The zero-order valence-corrected chi connectivity index (χ0v) is 12.3. The molecule has 4 aliphatic rings. The van der Waals surface area contributed by atoms with E-state index in [1.54, 1.807) is 5.57 Å². The van der Waals surface area contributed by atoms with Crippen LogP contribution in [0.15, 0.2) is 11.1 Å². The standard InChI is InChI=1S/C18H28O/c1-18-9-2-3-17(18)16-6-4-12-11-13(19)5-7-14(12)15(16)8-10-18/h13,15-17,19H,2-11H2,1H3/t13-,15+,16+,17-,18-/m0/s1. The van der Waals surface area contributed by atoms with Gasteiger partial charge in [0, 0.05) is 0 Å². The van der Waals surface area contributed by atoms with Crippen LogP contribution in [-0.2, 0) is 0 Å². The molecule has 0 radical (unpaired) electrons. The van der Waals surface area contributed by atoms with Crippen molar-refractivity contribution in [2.75, 3.05) is 0 Å². The Balaban J connectivity index is 1.64. The lowest BCUT2D eigenvalue weighted by Crippen LogP contribution is -2.41. The van der Waals surface area contributed by atoms with Crippen LogP contribution in [0, 0.1) is 23.2 Å². The molecular weight excluding hydrogens is 232 g/mol. The maximum Gasteiger partial charge on any atom is 0.0580 e. The molecule has 5 atom stereocenters. The third-order valence-corrected chi connectivity index (χ3v) is 7.13. The molecule has 0 aromatic carbocycles. The second-order valence-electron chi connectivity index (χ2n) is 8.03. The fraction of sp³-hybridized carbons (Fsp3) is 0.889. The Hall–Kier alpha value is -0.300. The third-order valence-electron chi connectivity index (χ3n) is 7.13. The van der Waals surface area contributed by atoms with Crippen molar-refractivity contribution in [3.05, 3.63) is 11.1 Å². The minimum Gasteiger partial charge on any atom is -0.393 e. The lowest BCUT2D eigenvalue weighted by molar-refractivity contribution is 0.0369. The van der Waals surface area contributed by atoms with Crippen LogP contribution in [0.1, 0.15) is 71.1 Å². The minimum atomic E-state index is -0.0318. The molecule has 0 saturated heterocycles. The highest BCUT2D eigenvalue weighted by Gasteiger charge is 2.50. The zero-order valence-electron chi connectivity index (χ0n) is 12.3. The van der Waals surface area contributed by atoms with Crippen molar-refractivity contribution in [2.24, 2.45) is 23.2 Å². The Kier molecular flexibility index (Phi) is 2.85. The summed E-state index contributed by atoms with van der Waals surface area (Å²) in [7, 11) is 0. The van der Waals surface area contributed by atoms with E-state index in [0.717, 1.165) is 30.6 Å². The van der Waals surface area contributed by atoms with E-state index in [4.69, 9.17) is 0 Å². The van der Waals surface area contributed by atoms with Gasteiger partial charge in [-0.1, -0.05) is 24.5 Å². The largest absolute Gasteiger partial charge is 0.393 e. The summed E-state index contributed by atoms with van der Waals surface area (Å²) in [6, 6.07) is 0. The Morgan fingerprint density at radius 2 is 1.95 bits per heavy atom. The first-order valence-corrected chi connectivity index (χ1v) is 8.56. The lowest BCUT2D eigenvalue weighted by atomic mass is 9.54. The van der Waals surface area contributed by atoms with Gasteiger partial charge in [0.2, 0.25) is 0 Å². The fourth-order valence-corrected chi connectivity index (χ4v) is 6.18. The molecular formula is C18H28O. The molecule has 2 saturated carbocycles. The van der Waals surface area contributed by atoms with Crippen LogP contribution in [0.2, 0.25) is 0 Å². The number of allylic oxidation sites excluding steroid dienone is 1. The van der Waals surface area contributed by atoms with E-state index in [1.165, 1.54) is 51.4 Å². The van der Waals surface area contributed by atoms with Crippen molar-refractivity contribution in [1.82, 2.24) is 0 Å². The first kappa shape index (κ1) is 12.4. The summed E-state index contributed by atoms with van der Waals surface area (Å²) in [6.45, 7) is 2.58. The van der Waals surface area contributed by atoms with Crippen molar-refractivity contribution in [3.63, 3.8) is 0 Å². The lowest BCUT2D eigenvalue weighted by Gasteiger charge is -2.51. The van der Waals surface area contributed by atoms with E-state index < -0.39 is 0 Å². The number of rotatable bonds is 0. The van der Waals surface area contributed by atoms with Crippen LogP contribution in [0.3, 0.4) is 0 Å². The van der Waals surface area contributed by atoms with Crippen LogP contribution >= 0.6 is 0 Å². The SMILES string of the molecule is C[C@@]12CCC[C@H]1[C@@H]1CCC3=C(CC[C@H](O)C3)[C@H]1CC2. The molecule has 0 amide bonds. The molecule has 0 spiro atoms. The van der Waals surface area contributed by atoms with Crippen molar-refractivity contribution in [3.8, 4) is 0 Å². The minimum absolute atomic E-state index is 0.0318. The van der Waals surface area contributed by atoms with E-state index in [-0.39, 0.29) is 6.10 Å². The molecule has 0 bridgehead atoms. The van der Waals surface area contributed by atoms with Gasteiger partial charge < -0.3 is 5.11 Å². The molecule has 4 rings (SSSR count). The summed E-state index contributed by atoms with van der Waals surface area (Å²) in [5.74, 6) is 2.93. The average Bonchev–Trinajstić information content (AvgIpc) is 2.79. The first-order chi connectivity index (χ1) is 9.17. The summed E-state index contributed by atoms with van der Waals surface area (Å²) in [6.07, 6.45) is 13.3. The van der Waals surface area contributed by atoms with E-state index in [9.17, 15) is 5.11 Å². The monoisotopic (exact) mass is 260 g/mol. The van der Waals surface area contributed by atoms with Gasteiger partial charge in [0.25, 0.3) is 0 Å². The summed E-state index contributed by atoms with van der Waals surface area (Å²) < 4.78 is 0. The molecule has 0 aliphatic heterocycles. The van der Waals surface area contributed by atoms with Gasteiger partial charge in [0.15, 0.2) is 0 Å². The molecule has 19 heavy (non-hydrogen) atoms. The summed E-state index contributed by atoms with van der Waals surface area (Å²) in [5, 5.41) is 9.90. The van der Waals surface area contributed by atoms with Gasteiger partial charge in [-0.2, -0.15) is 0 Å². The average molecular weight is 260 g/mol. The van der Waals surface area contributed by atoms with Crippen LogP contribution in [0.4, 0.5) is 0 Å². The number of aliphatic hydroxyl groups excluding tert-OH is 1. The maximum atomic E-state index is 9.90. The zero-order chi connectivity index (χ0) is 13.0. The van der Waals surface area contributed by atoms with Crippen molar-refractivity contribution in [2.45, 2.75) is 77.2 Å². The molecule has 0 aromatic rings. The van der Waals surface area contributed by atoms with Gasteiger partial charge in [0.1, 0.15) is 0 Å². The highest BCUT2D eigenvalue weighted by Crippen LogP contribution is 2.61. The van der Waals surface area contributed by atoms with Gasteiger partial charge in [-0.05, 0) is 81.0 Å². The predicted molar refractivity (Wildman–Crippen MR) is 77.8 cm³/mol. The van der Waals surface area contributed by atoms with Gasteiger partial charge >= 0.3 is 0 Å². The van der Waals surface area contributed by atoms with E-state index >= 15 is 0 Å². The van der Waals surface area contributed by atoms with Gasteiger partial charge in [0.05, 0.1) is 6.10 Å². The molecule has 2 fully saturated rings.